The van der Waals surface area contributed by atoms with Gasteiger partial charge in [0.2, 0.25) is 0 Å². The average Bonchev–Trinajstić information content (AvgIpc) is 2.46. The van der Waals surface area contributed by atoms with E-state index >= 15 is 0 Å². The minimum absolute atomic E-state index is 0.799. The smallest absolute Gasteiger partial charge is 0.119 e. The van der Waals surface area contributed by atoms with Gasteiger partial charge in [0.05, 0.1) is 6.61 Å². The summed E-state index contributed by atoms with van der Waals surface area (Å²) in [6.45, 7) is 7.55. The first-order valence-electron chi connectivity index (χ1n) is 7.90. The van der Waals surface area contributed by atoms with Crippen LogP contribution in [0.3, 0.4) is 0 Å². The van der Waals surface area contributed by atoms with E-state index in [4.69, 9.17) is 4.74 Å². The van der Waals surface area contributed by atoms with Crippen LogP contribution in [0, 0.1) is 5.92 Å². The number of ether oxygens (including phenoxy) is 1. The molecule has 0 radical (unpaired) electrons. The first-order valence-corrected chi connectivity index (χ1v) is 7.90. The number of likely N-dealkylation sites (tertiary alicyclic amines) is 1. The van der Waals surface area contributed by atoms with Crippen molar-refractivity contribution >= 4 is 0 Å². The van der Waals surface area contributed by atoms with E-state index in [0.29, 0.717) is 0 Å². The van der Waals surface area contributed by atoms with Crippen molar-refractivity contribution in [3.05, 3.63) is 29.8 Å². The molecule has 3 heteroatoms. The second-order valence-electron chi connectivity index (χ2n) is 5.80. The minimum atomic E-state index is 0.799. The second kappa shape index (κ2) is 8.28. The number of benzene rings is 1. The molecule has 1 unspecified atom stereocenters. The lowest BCUT2D eigenvalue weighted by Gasteiger charge is -2.32. The van der Waals surface area contributed by atoms with Gasteiger partial charge in [0.25, 0.3) is 0 Å². The standard InChI is InChI=1S/C17H28N2O/c1-3-10-20-17-8-4-6-15(11-17)13-19-9-5-7-16(14-19)12-18-2/h4,6,8,11,16,18H,3,5,7,9-10,12-14H2,1-2H3. The Morgan fingerprint density at radius 3 is 3.10 bits per heavy atom. The molecule has 0 aliphatic carbocycles. The lowest BCUT2D eigenvalue weighted by molar-refractivity contribution is 0.166. The number of rotatable bonds is 7. The molecule has 3 nitrogen and oxygen atoms in total. The van der Waals surface area contributed by atoms with Crippen molar-refractivity contribution in [2.75, 3.05) is 33.3 Å². The van der Waals surface area contributed by atoms with Crippen molar-refractivity contribution in [1.29, 1.82) is 0 Å². The van der Waals surface area contributed by atoms with E-state index in [9.17, 15) is 0 Å². The monoisotopic (exact) mass is 276 g/mol. The summed E-state index contributed by atoms with van der Waals surface area (Å²) < 4.78 is 5.72. The molecular weight excluding hydrogens is 248 g/mol. The van der Waals surface area contributed by atoms with E-state index in [2.05, 4.69) is 41.4 Å². The molecule has 1 N–H and O–H groups in total. The van der Waals surface area contributed by atoms with Gasteiger partial charge in [-0.1, -0.05) is 19.1 Å². The fraction of sp³-hybridized carbons (Fsp3) is 0.647. The molecule has 1 aromatic carbocycles. The van der Waals surface area contributed by atoms with Crippen molar-refractivity contribution in [2.24, 2.45) is 5.92 Å². The van der Waals surface area contributed by atoms with Gasteiger partial charge in [-0.05, 0) is 63.0 Å². The van der Waals surface area contributed by atoms with Crippen LogP contribution >= 0.6 is 0 Å². The molecule has 0 aromatic heterocycles. The zero-order valence-electron chi connectivity index (χ0n) is 12.9. The third kappa shape index (κ3) is 4.80. The van der Waals surface area contributed by atoms with Crippen LogP contribution in [0.1, 0.15) is 31.7 Å². The molecule has 0 saturated carbocycles. The summed E-state index contributed by atoms with van der Waals surface area (Å²) in [5.41, 5.74) is 1.36. The van der Waals surface area contributed by atoms with Gasteiger partial charge in [0.1, 0.15) is 5.75 Å². The van der Waals surface area contributed by atoms with Gasteiger partial charge in [0.15, 0.2) is 0 Å². The molecule has 1 atom stereocenters. The van der Waals surface area contributed by atoms with E-state index in [-0.39, 0.29) is 0 Å². The van der Waals surface area contributed by atoms with Crippen molar-refractivity contribution in [1.82, 2.24) is 10.2 Å². The van der Waals surface area contributed by atoms with E-state index in [1.807, 2.05) is 7.05 Å². The van der Waals surface area contributed by atoms with Gasteiger partial charge >= 0.3 is 0 Å². The maximum atomic E-state index is 5.72. The lowest BCUT2D eigenvalue weighted by Crippen LogP contribution is -2.38. The molecule has 1 aliphatic rings. The summed E-state index contributed by atoms with van der Waals surface area (Å²) in [6.07, 6.45) is 3.73. The number of piperidine rings is 1. The predicted octanol–water partition coefficient (Wildman–Crippen LogP) is 2.91. The zero-order chi connectivity index (χ0) is 14.2. The molecular formula is C17H28N2O. The molecule has 112 valence electrons. The molecule has 0 amide bonds. The van der Waals surface area contributed by atoms with E-state index < -0.39 is 0 Å². The van der Waals surface area contributed by atoms with Crippen LogP contribution in [0.5, 0.6) is 5.75 Å². The number of hydrogen-bond acceptors (Lipinski definition) is 3. The molecule has 1 aliphatic heterocycles. The molecule has 1 aromatic rings. The van der Waals surface area contributed by atoms with Crippen molar-refractivity contribution in [3.63, 3.8) is 0 Å². The fourth-order valence-corrected chi connectivity index (χ4v) is 2.96. The van der Waals surface area contributed by atoms with Crippen LogP contribution in [0.4, 0.5) is 0 Å². The first-order chi connectivity index (χ1) is 9.81. The quantitative estimate of drug-likeness (QED) is 0.829. The molecule has 1 heterocycles. The highest BCUT2D eigenvalue weighted by Crippen LogP contribution is 2.20. The van der Waals surface area contributed by atoms with E-state index in [1.165, 1.54) is 31.5 Å². The molecule has 0 bridgehead atoms. The van der Waals surface area contributed by atoms with Gasteiger partial charge in [-0.3, -0.25) is 4.90 Å². The third-order valence-corrected chi connectivity index (χ3v) is 3.87. The molecule has 0 spiro atoms. The first kappa shape index (κ1) is 15.3. The second-order valence-corrected chi connectivity index (χ2v) is 5.80. The van der Waals surface area contributed by atoms with Crippen LogP contribution in [0.2, 0.25) is 0 Å². The summed E-state index contributed by atoms with van der Waals surface area (Å²) in [5.74, 6) is 1.81. The minimum Gasteiger partial charge on any atom is -0.494 e. The van der Waals surface area contributed by atoms with E-state index in [1.54, 1.807) is 0 Å². The number of nitrogens with one attached hydrogen (secondary N) is 1. The lowest BCUT2D eigenvalue weighted by atomic mass is 9.97. The number of nitrogens with zero attached hydrogens (tertiary/aromatic N) is 1. The van der Waals surface area contributed by atoms with Gasteiger partial charge in [0, 0.05) is 13.1 Å². The maximum absolute atomic E-state index is 5.72. The Hall–Kier alpha value is -1.06. The van der Waals surface area contributed by atoms with Crippen LogP contribution in [-0.2, 0) is 6.54 Å². The largest absolute Gasteiger partial charge is 0.494 e. The Bertz CT molecular complexity index is 392. The Morgan fingerprint density at radius 2 is 2.30 bits per heavy atom. The topological polar surface area (TPSA) is 24.5 Å². The summed E-state index contributed by atoms with van der Waals surface area (Å²) >= 11 is 0. The summed E-state index contributed by atoms with van der Waals surface area (Å²) in [7, 11) is 2.05. The van der Waals surface area contributed by atoms with E-state index in [0.717, 1.165) is 37.8 Å². The highest BCUT2D eigenvalue weighted by atomic mass is 16.5. The van der Waals surface area contributed by atoms with Crippen LogP contribution < -0.4 is 10.1 Å². The van der Waals surface area contributed by atoms with Gasteiger partial charge < -0.3 is 10.1 Å². The van der Waals surface area contributed by atoms with Crippen molar-refractivity contribution in [3.8, 4) is 5.75 Å². The average molecular weight is 276 g/mol. The van der Waals surface area contributed by atoms with Crippen LogP contribution in [0.25, 0.3) is 0 Å². The summed E-state index contributed by atoms with van der Waals surface area (Å²) in [6, 6.07) is 8.56. The molecule has 1 saturated heterocycles. The predicted molar refractivity (Wildman–Crippen MR) is 84.2 cm³/mol. The Morgan fingerprint density at radius 1 is 1.40 bits per heavy atom. The Balaban J connectivity index is 1.88. The zero-order valence-corrected chi connectivity index (χ0v) is 12.9. The van der Waals surface area contributed by atoms with Crippen molar-refractivity contribution in [2.45, 2.75) is 32.7 Å². The Kier molecular flexibility index (Phi) is 6.34. The van der Waals surface area contributed by atoms with Gasteiger partial charge in [-0.15, -0.1) is 0 Å². The van der Waals surface area contributed by atoms with Gasteiger partial charge in [-0.2, -0.15) is 0 Å². The summed E-state index contributed by atoms with van der Waals surface area (Å²) in [5, 5.41) is 3.31. The van der Waals surface area contributed by atoms with Crippen molar-refractivity contribution < 1.29 is 4.74 Å². The normalized spacial score (nSPS) is 20.0. The fourth-order valence-electron chi connectivity index (χ4n) is 2.96. The molecule has 1 fully saturated rings. The SMILES string of the molecule is CCCOc1cccc(CN2CCCC(CNC)C2)c1. The van der Waals surface area contributed by atoms with Crippen LogP contribution in [0.15, 0.2) is 24.3 Å². The Labute approximate surface area is 123 Å². The highest BCUT2D eigenvalue weighted by molar-refractivity contribution is 5.28. The van der Waals surface area contributed by atoms with Gasteiger partial charge in [-0.25, -0.2) is 0 Å². The summed E-state index contributed by atoms with van der Waals surface area (Å²) in [4.78, 5) is 2.57. The molecule has 2 rings (SSSR count). The third-order valence-electron chi connectivity index (χ3n) is 3.87. The molecule has 20 heavy (non-hydrogen) atoms. The highest BCUT2D eigenvalue weighted by Gasteiger charge is 2.19. The maximum Gasteiger partial charge on any atom is 0.119 e. The number of hydrogen-bond donors (Lipinski definition) is 1. The van der Waals surface area contributed by atoms with Crippen LogP contribution in [-0.4, -0.2) is 38.2 Å².